The summed E-state index contributed by atoms with van der Waals surface area (Å²) in [5.41, 5.74) is 0.603. The maximum absolute atomic E-state index is 12.1. The number of hydrogen-bond acceptors (Lipinski definition) is 3. The van der Waals surface area contributed by atoms with E-state index < -0.39 is 0 Å². The van der Waals surface area contributed by atoms with Gasteiger partial charge in [0, 0.05) is 12.1 Å². The van der Waals surface area contributed by atoms with Gasteiger partial charge in [0.2, 0.25) is 0 Å². The van der Waals surface area contributed by atoms with Gasteiger partial charge in [-0.25, -0.2) is 0 Å². The third-order valence-corrected chi connectivity index (χ3v) is 3.05. The summed E-state index contributed by atoms with van der Waals surface area (Å²) in [6, 6.07) is 5.30. The molecule has 4 heteroatoms. The van der Waals surface area contributed by atoms with Crippen LogP contribution < -0.4 is 14.8 Å². The Bertz CT molecular complexity index is 444. The minimum Gasteiger partial charge on any atom is -0.490 e. The maximum Gasteiger partial charge on any atom is 0.251 e. The summed E-state index contributed by atoms with van der Waals surface area (Å²) in [7, 11) is 0. The van der Waals surface area contributed by atoms with Crippen LogP contribution in [0.2, 0.25) is 0 Å². The summed E-state index contributed by atoms with van der Waals surface area (Å²) in [6.45, 7) is 10.0. The number of amides is 1. The molecule has 4 nitrogen and oxygen atoms in total. The number of carbonyl (C=O) groups is 1. The monoisotopic (exact) mass is 293 g/mol. The van der Waals surface area contributed by atoms with Crippen molar-refractivity contribution in [2.75, 3.05) is 19.8 Å². The van der Waals surface area contributed by atoms with Crippen LogP contribution in [0, 0.1) is 5.92 Å². The van der Waals surface area contributed by atoms with Crippen molar-refractivity contribution in [2.45, 2.75) is 40.5 Å². The zero-order valence-electron chi connectivity index (χ0n) is 13.6. The van der Waals surface area contributed by atoms with Gasteiger partial charge < -0.3 is 14.8 Å². The Morgan fingerprint density at radius 1 is 1.14 bits per heavy atom. The van der Waals surface area contributed by atoms with Gasteiger partial charge in [0.15, 0.2) is 11.5 Å². The molecule has 0 aliphatic rings. The van der Waals surface area contributed by atoms with E-state index in [1.165, 1.54) is 0 Å². The van der Waals surface area contributed by atoms with Crippen molar-refractivity contribution >= 4 is 5.91 Å². The highest BCUT2D eigenvalue weighted by atomic mass is 16.5. The van der Waals surface area contributed by atoms with Crippen LogP contribution in [0.15, 0.2) is 18.2 Å². The second-order valence-corrected chi connectivity index (χ2v) is 5.32. The van der Waals surface area contributed by atoms with Crippen molar-refractivity contribution in [1.82, 2.24) is 5.32 Å². The quantitative estimate of drug-likeness (QED) is 0.707. The molecule has 0 bridgehead atoms. The van der Waals surface area contributed by atoms with Crippen LogP contribution in [0.5, 0.6) is 11.5 Å². The molecule has 0 aromatic heterocycles. The first-order valence-corrected chi connectivity index (χ1v) is 7.76. The Hall–Kier alpha value is -1.71. The largest absolute Gasteiger partial charge is 0.490 e. The highest BCUT2D eigenvalue weighted by Crippen LogP contribution is 2.28. The zero-order chi connectivity index (χ0) is 15.7. The minimum absolute atomic E-state index is 0.0669. The zero-order valence-corrected chi connectivity index (χ0v) is 13.6. The number of nitrogens with one attached hydrogen (secondary N) is 1. The predicted molar refractivity (Wildman–Crippen MR) is 85.2 cm³/mol. The van der Waals surface area contributed by atoms with E-state index in [2.05, 4.69) is 19.2 Å². The first-order chi connectivity index (χ1) is 10.1. The number of rotatable bonds is 9. The lowest BCUT2D eigenvalue weighted by Gasteiger charge is -2.12. The normalized spacial score (nSPS) is 10.5. The van der Waals surface area contributed by atoms with E-state index in [0.717, 1.165) is 12.8 Å². The van der Waals surface area contributed by atoms with Gasteiger partial charge in [0.05, 0.1) is 13.2 Å². The molecule has 0 heterocycles. The summed E-state index contributed by atoms with van der Waals surface area (Å²) in [5, 5.41) is 2.94. The van der Waals surface area contributed by atoms with E-state index in [-0.39, 0.29) is 5.91 Å². The van der Waals surface area contributed by atoms with Crippen LogP contribution >= 0.6 is 0 Å². The smallest absolute Gasteiger partial charge is 0.251 e. The third-order valence-electron chi connectivity index (χ3n) is 3.05. The lowest BCUT2D eigenvalue weighted by molar-refractivity contribution is 0.0952. The summed E-state index contributed by atoms with van der Waals surface area (Å²) in [5.74, 6) is 1.89. The van der Waals surface area contributed by atoms with Crippen molar-refractivity contribution in [3.8, 4) is 11.5 Å². The molecule has 1 rings (SSSR count). The average Bonchev–Trinajstić information content (AvgIpc) is 2.45. The number of carbonyl (C=O) groups excluding carboxylic acids is 1. The fourth-order valence-corrected chi connectivity index (χ4v) is 2.01. The highest BCUT2D eigenvalue weighted by molar-refractivity contribution is 5.94. The SMILES string of the molecule is CCOc1ccc(C(=O)NCCCC(C)C)cc1OCC. The molecule has 118 valence electrons. The molecule has 1 N–H and O–H groups in total. The molecular weight excluding hydrogens is 266 g/mol. The van der Waals surface area contributed by atoms with E-state index in [9.17, 15) is 4.79 Å². The second-order valence-electron chi connectivity index (χ2n) is 5.32. The molecule has 0 fully saturated rings. The van der Waals surface area contributed by atoms with Gasteiger partial charge in [-0.3, -0.25) is 4.79 Å². The fourth-order valence-electron chi connectivity index (χ4n) is 2.01. The van der Waals surface area contributed by atoms with Crippen molar-refractivity contribution < 1.29 is 14.3 Å². The van der Waals surface area contributed by atoms with Crippen LogP contribution in [0.1, 0.15) is 50.9 Å². The van der Waals surface area contributed by atoms with Gasteiger partial charge in [-0.2, -0.15) is 0 Å². The Labute approximate surface area is 127 Å². The summed E-state index contributed by atoms with van der Waals surface area (Å²) >= 11 is 0. The maximum atomic E-state index is 12.1. The fraction of sp³-hybridized carbons (Fsp3) is 0.588. The molecule has 0 aliphatic heterocycles. The standard InChI is InChI=1S/C17H27NO3/c1-5-20-15-10-9-14(12-16(15)21-6-2)17(19)18-11-7-8-13(3)4/h9-10,12-13H,5-8,11H2,1-4H3,(H,18,19). The number of benzene rings is 1. The lowest BCUT2D eigenvalue weighted by Crippen LogP contribution is -2.24. The Kier molecular flexibility index (Phi) is 7.65. The van der Waals surface area contributed by atoms with Crippen molar-refractivity contribution in [3.63, 3.8) is 0 Å². The molecule has 1 amide bonds. The molecule has 0 atom stereocenters. The predicted octanol–water partition coefficient (Wildman–Crippen LogP) is 3.65. The van der Waals surface area contributed by atoms with E-state index >= 15 is 0 Å². The minimum atomic E-state index is -0.0669. The first kappa shape index (κ1) is 17.3. The number of hydrogen-bond donors (Lipinski definition) is 1. The highest BCUT2D eigenvalue weighted by Gasteiger charge is 2.11. The van der Waals surface area contributed by atoms with Gasteiger partial charge >= 0.3 is 0 Å². The van der Waals surface area contributed by atoms with Crippen molar-refractivity contribution in [3.05, 3.63) is 23.8 Å². The summed E-state index contributed by atoms with van der Waals surface area (Å²) in [6.07, 6.45) is 2.12. The van der Waals surface area contributed by atoms with Crippen LogP contribution in [-0.4, -0.2) is 25.7 Å². The molecule has 0 unspecified atom stereocenters. The Morgan fingerprint density at radius 3 is 2.43 bits per heavy atom. The topological polar surface area (TPSA) is 47.6 Å². The lowest BCUT2D eigenvalue weighted by atomic mass is 10.1. The van der Waals surface area contributed by atoms with Crippen LogP contribution in [0.4, 0.5) is 0 Å². The van der Waals surface area contributed by atoms with Gasteiger partial charge in [0.25, 0.3) is 5.91 Å². The summed E-state index contributed by atoms with van der Waals surface area (Å²) < 4.78 is 11.0. The molecule has 0 aliphatic carbocycles. The molecule has 1 aromatic rings. The van der Waals surface area contributed by atoms with Crippen molar-refractivity contribution in [2.24, 2.45) is 5.92 Å². The molecule has 1 aromatic carbocycles. The van der Waals surface area contributed by atoms with Crippen LogP contribution in [0.3, 0.4) is 0 Å². The Morgan fingerprint density at radius 2 is 1.81 bits per heavy atom. The van der Waals surface area contributed by atoms with E-state index in [4.69, 9.17) is 9.47 Å². The van der Waals surface area contributed by atoms with Gasteiger partial charge in [-0.05, 0) is 50.8 Å². The number of ether oxygens (including phenoxy) is 2. The van der Waals surface area contributed by atoms with Crippen LogP contribution in [0.25, 0.3) is 0 Å². The van der Waals surface area contributed by atoms with E-state index in [1.807, 2.05) is 13.8 Å². The van der Waals surface area contributed by atoms with E-state index in [1.54, 1.807) is 18.2 Å². The average molecular weight is 293 g/mol. The molecule has 0 spiro atoms. The Balaban J connectivity index is 2.64. The van der Waals surface area contributed by atoms with Gasteiger partial charge in [0.1, 0.15) is 0 Å². The second kappa shape index (κ2) is 9.27. The first-order valence-electron chi connectivity index (χ1n) is 7.76. The summed E-state index contributed by atoms with van der Waals surface area (Å²) in [4.78, 5) is 12.1. The molecule has 0 saturated carbocycles. The van der Waals surface area contributed by atoms with E-state index in [0.29, 0.717) is 42.7 Å². The molecule has 0 radical (unpaired) electrons. The van der Waals surface area contributed by atoms with Crippen molar-refractivity contribution in [1.29, 1.82) is 0 Å². The van der Waals surface area contributed by atoms with Crippen LogP contribution in [-0.2, 0) is 0 Å². The van der Waals surface area contributed by atoms with Gasteiger partial charge in [-0.15, -0.1) is 0 Å². The molecule has 0 saturated heterocycles. The molecular formula is C17H27NO3. The molecule has 21 heavy (non-hydrogen) atoms. The third kappa shape index (κ3) is 6.06. The van der Waals surface area contributed by atoms with Gasteiger partial charge in [-0.1, -0.05) is 13.8 Å².